The third-order valence-corrected chi connectivity index (χ3v) is 5.98. The van der Waals surface area contributed by atoms with Gasteiger partial charge in [0.05, 0.1) is 4.90 Å². The lowest BCUT2D eigenvalue weighted by Gasteiger charge is -2.23. The van der Waals surface area contributed by atoms with Gasteiger partial charge in [-0.1, -0.05) is 23.8 Å². The van der Waals surface area contributed by atoms with E-state index in [2.05, 4.69) is 5.32 Å². The van der Waals surface area contributed by atoms with Gasteiger partial charge >= 0.3 is 0 Å². The second kappa shape index (κ2) is 6.87. The minimum absolute atomic E-state index is 0.0493. The summed E-state index contributed by atoms with van der Waals surface area (Å²) >= 11 is 0. The van der Waals surface area contributed by atoms with Gasteiger partial charge in [0.25, 0.3) is 10.0 Å². The van der Waals surface area contributed by atoms with Crippen LogP contribution in [0.1, 0.15) is 18.4 Å². The van der Waals surface area contributed by atoms with Gasteiger partial charge in [-0.2, -0.15) is 0 Å². The fraction of sp³-hybridized carbons (Fsp3) is 0.222. The number of hydrogen-bond donors (Lipinski definition) is 1. The van der Waals surface area contributed by atoms with Crippen LogP contribution in [0.15, 0.2) is 53.4 Å². The lowest BCUT2D eigenvalue weighted by molar-refractivity contribution is -0.128. The summed E-state index contributed by atoms with van der Waals surface area (Å²) in [6.45, 7) is 1.81. The molecule has 0 unspecified atom stereocenters. The number of benzene rings is 2. The Morgan fingerprint density at radius 2 is 1.88 bits per heavy atom. The Bertz CT molecular complexity index is 957. The molecule has 1 aliphatic heterocycles. The summed E-state index contributed by atoms with van der Waals surface area (Å²) < 4.78 is 39.6. The van der Waals surface area contributed by atoms with Crippen LogP contribution in [-0.2, 0) is 19.6 Å². The van der Waals surface area contributed by atoms with Crippen LogP contribution in [0.3, 0.4) is 0 Å². The average Bonchev–Trinajstić information content (AvgIpc) is 2.98. The van der Waals surface area contributed by atoms with Gasteiger partial charge in [-0.3, -0.25) is 9.59 Å². The summed E-state index contributed by atoms with van der Waals surface area (Å²) in [5.74, 6) is -1.84. The van der Waals surface area contributed by atoms with Crippen molar-refractivity contribution in [1.29, 1.82) is 0 Å². The normalized spacial score (nSPS) is 17.4. The molecule has 1 fully saturated rings. The molecule has 0 aliphatic carbocycles. The van der Waals surface area contributed by atoms with E-state index >= 15 is 0 Å². The van der Waals surface area contributed by atoms with Crippen molar-refractivity contribution in [3.63, 3.8) is 0 Å². The monoisotopic (exact) mass is 376 g/mol. The standard InChI is InChI=1S/C18H17FN2O4S/c1-12-5-7-15(8-6-12)26(24,25)21-16(9-10-17(21)22)18(23)20-14-4-2-3-13(19)11-14/h2-8,11,16H,9-10H2,1H3,(H,20,23)/t16-/m1/s1. The fourth-order valence-electron chi connectivity index (χ4n) is 2.82. The molecular formula is C18H17FN2O4S. The van der Waals surface area contributed by atoms with Crippen molar-refractivity contribution in [2.24, 2.45) is 0 Å². The second-order valence-electron chi connectivity index (χ2n) is 6.06. The number of anilines is 1. The van der Waals surface area contributed by atoms with Gasteiger partial charge in [0, 0.05) is 12.1 Å². The lowest BCUT2D eigenvalue weighted by Crippen LogP contribution is -2.45. The molecule has 1 heterocycles. The predicted octanol–water partition coefficient (Wildman–Crippen LogP) is 2.45. The van der Waals surface area contributed by atoms with Gasteiger partial charge in [-0.05, 0) is 43.7 Å². The van der Waals surface area contributed by atoms with Gasteiger partial charge < -0.3 is 5.32 Å². The maximum Gasteiger partial charge on any atom is 0.267 e. The Labute approximate surface area is 150 Å². The molecule has 0 spiro atoms. The van der Waals surface area contributed by atoms with Gasteiger partial charge in [-0.25, -0.2) is 17.1 Å². The SMILES string of the molecule is Cc1ccc(S(=O)(=O)N2C(=O)CC[C@@H]2C(=O)Nc2cccc(F)c2)cc1. The lowest BCUT2D eigenvalue weighted by atomic mass is 10.2. The number of sulfonamides is 1. The Morgan fingerprint density at radius 1 is 1.19 bits per heavy atom. The molecule has 1 saturated heterocycles. The van der Waals surface area contributed by atoms with Crippen molar-refractivity contribution in [2.75, 3.05) is 5.32 Å². The molecule has 0 radical (unpaired) electrons. The van der Waals surface area contributed by atoms with Gasteiger partial charge in [0.2, 0.25) is 11.8 Å². The fourth-order valence-corrected chi connectivity index (χ4v) is 4.42. The highest BCUT2D eigenvalue weighted by molar-refractivity contribution is 7.89. The van der Waals surface area contributed by atoms with E-state index in [9.17, 15) is 22.4 Å². The van der Waals surface area contributed by atoms with E-state index < -0.39 is 33.7 Å². The highest BCUT2D eigenvalue weighted by atomic mass is 32.2. The van der Waals surface area contributed by atoms with Crippen LogP contribution in [0.4, 0.5) is 10.1 Å². The zero-order chi connectivity index (χ0) is 18.9. The highest BCUT2D eigenvalue weighted by Crippen LogP contribution is 2.28. The van der Waals surface area contributed by atoms with E-state index in [-0.39, 0.29) is 23.4 Å². The summed E-state index contributed by atoms with van der Waals surface area (Å²) in [7, 11) is -4.15. The van der Waals surface area contributed by atoms with Crippen LogP contribution in [0.2, 0.25) is 0 Å². The maximum absolute atomic E-state index is 13.3. The summed E-state index contributed by atoms with van der Waals surface area (Å²) in [6.07, 6.45) is 0.0252. The number of nitrogens with one attached hydrogen (secondary N) is 1. The van der Waals surface area contributed by atoms with Gasteiger partial charge in [-0.15, -0.1) is 0 Å². The number of amides is 2. The van der Waals surface area contributed by atoms with E-state index in [0.717, 1.165) is 11.6 Å². The van der Waals surface area contributed by atoms with Crippen LogP contribution in [0.25, 0.3) is 0 Å². The topological polar surface area (TPSA) is 83.6 Å². The summed E-state index contributed by atoms with van der Waals surface area (Å²) in [5, 5.41) is 2.47. The number of halogens is 1. The minimum Gasteiger partial charge on any atom is -0.324 e. The highest BCUT2D eigenvalue weighted by Gasteiger charge is 2.44. The summed E-state index contributed by atoms with van der Waals surface area (Å²) in [4.78, 5) is 24.7. The molecule has 2 aromatic carbocycles. The molecule has 1 atom stereocenters. The first-order valence-corrected chi connectivity index (χ1v) is 9.43. The number of carbonyl (C=O) groups excluding carboxylic acids is 2. The first-order valence-electron chi connectivity index (χ1n) is 7.99. The molecular weight excluding hydrogens is 359 g/mol. The predicted molar refractivity (Wildman–Crippen MR) is 93.3 cm³/mol. The quantitative estimate of drug-likeness (QED) is 0.888. The van der Waals surface area contributed by atoms with E-state index in [0.29, 0.717) is 4.31 Å². The van der Waals surface area contributed by atoms with E-state index in [1.54, 1.807) is 12.1 Å². The van der Waals surface area contributed by atoms with Crippen LogP contribution in [-0.4, -0.2) is 30.6 Å². The average molecular weight is 376 g/mol. The Kier molecular flexibility index (Phi) is 4.78. The van der Waals surface area contributed by atoms with E-state index in [4.69, 9.17) is 0 Å². The zero-order valence-electron chi connectivity index (χ0n) is 14.0. The molecule has 26 heavy (non-hydrogen) atoms. The number of aryl methyl sites for hydroxylation is 1. The molecule has 2 amide bonds. The van der Waals surface area contributed by atoms with Crippen molar-refractivity contribution < 1.29 is 22.4 Å². The first kappa shape index (κ1) is 18.1. The molecule has 136 valence electrons. The van der Waals surface area contributed by atoms with Crippen molar-refractivity contribution in [3.05, 3.63) is 59.9 Å². The number of nitrogens with zero attached hydrogens (tertiary/aromatic N) is 1. The molecule has 0 bridgehead atoms. The molecule has 1 N–H and O–H groups in total. The molecule has 2 aromatic rings. The second-order valence-corrected chi connectivity index (χ2v) is 7.88. The van der Waals surface area contributed by atoms with Crippen molar-refractivity contribution in [3.8, 4) is 0 Å². The van der Waals surface area contributed by atoms with E-state index in [1.807, 2.05) is 6.92 Å². The van der Waals surface area contributed by atoms with Crippen molar-refractivity contribution in [2.45, 2.75) is 30.7 Å². The minimum atomic E-state index is -4.15. The molecule has 0 aromatic heterocycles. The Balaban J connectivity index is 1.88. The van der Waals surface area contributed by atoms with Crippen molar-refractivity contribution in [1.82, 2.24) is 4.31 Å². The summed E-state index contributed by atoms with van der Waals surface area (Å²) in [6, 6.07) is 10.1. The van der Waals surface area contributed by atoms with Crippen molar-refractivity contribution >= 4 is 27.5 Å². The number of hydrogen-bond acceptors (Lipinski definition) is 4. The molecule has 0 saturated carbocycles. The third kappa shape index (κ3) is 3.45. The molecule has 1 aliphatic rings. The zero-order valence-corrected chi connectivity index (χ0v) is 14.8. The molecule has 6 nitrogen and oxygen atoms in total. The molecule has 8 heteroatoms. The largest absolute Gasteiger partial charge is 0.324 e. The number of carbonyl (C=O) groups is 2. The van der Waals surface area contributed by atoms with E-state index in [1.165, 1.54) is 30.3 Å². The van der Waals surface area contributed by atoms with Gasteiger partial charge in [0.1, 0.15) is 11.9 Å². The van der Waals surface area contributed by atoms with Crippen LogP contribution < -0.4 is 5.32 Å². The number of rotatable bonds is 4. The first-order chi connectivity index (χ1) is 12.3. The molecule has 3 rings (SSSR count). The maximum atomic E-state index is 13.3. The van der Waals surface area contributed by atoms with Gasteiger partial charge in [0.15, 0.2) is 0 Å². The summed E-state index contributed by atoms with van der Waals surface area (Å²) in [5.41, 5.74) is 1.07. The van der Waals surface area contributed by atoms with Crippen LogP contribution in [0, 0.1) is 12.7 Å². The Morgan fingerprint density at radius 3 is 2.54 bits per heavy atom. The third-order valence-electron chi connectivity index (χ3n) is 4.13. The Hall–Kier alpha value is -2.74. The smallest absolute Gasteiger partial charge is 0.267 e. The van der Waals surface area contributed by atoms with Crippen LogP contribution >= 0.6 is 0 Å². The van der Waals surface area contributed by atoms with Crippen LogP contribution in [0.5, 0.6) is 0 Å².